The standard InChI is InChI=1S/C22H24N6O2/c1-3-4-10-30-22(29)18-8-9-19(23)28(27-18)20(24)12-16-6-5-7-17(11-16)21-25-13-15(2)14-26-21/h5-9,11,13-14,23-24H,3-4,10,12H2,1-2H3. The van der Waals surface area contributed by atoms with Gasteiger partial charge >= 0.3 is 5.97 Å². The molecule has 0 radical (unpaired) electrons. The fourth-order valence-electron chi connectivity index (χ4n) is 2.75. The van der Waals surface area contributed by atoms with E-state index in [9.17, 15) is 4.79 Å². The molecule has 0 fully saturated rings. The average molecular weight is 404 g/mol. The quantitative estimate of drug-likeness (QED) is 0.271. The highest BCUT2D eigenvalue weighted by molar-refractivity contribution is 5.88. The summed E-state index contributed by atoms with van der Waals surface area (Å²) in [6, 6.07) is 10.5. The van der Waals surface area contributed by atoms with Gasteiger partial charge in [0.15, 0.2) is 11.5 Å². The molecule has 0 atom stereocenters. The summed E-state index contributed by atoms with van der Waals surface area (Å²) in [6.07, 6.45) is 5.45. The van der Waals surface area contributed by atoms with Gasteiger partial charge in [-0.05, 0) is 42.7 Å². The largest absolute Gasteiger partial charge is 0.461 e. The maximum atomic E-state index is 12.1. The number of aryl methyl sites for hydroxylation is 1. The van der Waals surface area contributed by atoms with Crippen molar-refractivity contribution in [1.29, 1.82) is 10.8 Å². The van der Waals surface area contributed by atoms with Crippen LogP contribution in [0.2, 0.25) is 0 Å². The van der Waals surface area contributed by atoms with Crippen LogP contribution in [0.25, 0.3) is 11.4 Å². The van der Waals surface area contributed by atoms with E-state index in [1.54, 1.807) is 12.4 Å². The molecule has 0 unspecified atom stereocenters. The molecule has 0 aliphatic heterocycles. The number of carbonyl (C=O) groups is 1. The van der Waals surface area contributed by atoms with E-state index in [-0.39, 0.29) is 23.4 Å². The molecule has 2 aromatic heterocycles. The lowest BCUT2D eigenvalue weighted by Crippen LogP contribution is -2.31. The summed E-state index contributed by atoms with van der Waals surface area (Å²) in [4.78, 5) is 20.8. The molecule has 0 spiro atoms. The van der Waals surface area contributed by atoms with Crippen LogP contribution in [0.4, 0.5) is 0 Å². The van der Waals surface area contributed by atoms with Gasteiger partial charge < -0.3 is 4.74 Å². The predicted octanol–water partition coefficient (Wildman–Crippen LogP) is 3.15. The van der Waals surface area contributed by atoms with E-state index in [0.717, 1.165) is 34.2 Å². The van der Waals surface area contributed by atoms with Crippen LogP contribution in [0, 0.1) is 17.7 Å². The zero-order valence-corrected chi connectivity index (χ0v) is 17.1. The molecule has 154 valence electrons. The van der Waals surface area contributed by atoms with Crippen LogP contribution >= 0.6 is 0 Å². The van der Waals surface area contributed by atoms with Crippen molar-refractivity contribution in [2.24, 2.45) is 0 Å². The predicted molar refractivity (Wildman–Crippen MR) is 112 cm³/mol. The normalized spacial score (nSPS) is 10.6. The number of benzene rings is 1. The molecule has 0 aliphatic rings. The highest BCUT2D eigenvalue weighted by Crippen LogP contribution is 2.16. The van der Waals surface area contributed by atoms with Gasteiger partial charge in [-0.3, -0.25) is 10.8 Å². The maximum absolute atomic E-state index is 12.1. The van der Waals surface area contributed by atoms with Gasteiger partial charge in [0, 0.05) is 24.4 Å². The third kappa shape index (κ3) is 5.22. The van der Waals surface area contributed by atoms with Crippen LogP contribution in [0.15, 0.2) is 48.8 Å². The van der Waals surface area contributed by atoms with Gasteiger partial charge in [-0.2, -0.15) is 5.10 Å². The summed E-state index contributed by atoms with van der Waals surface area (Å²) >= 11 is 0. The average Bonchev–Trinajstić information content (AvgIpc) is 2.75. The van der Waals surface area contributed by atoms with Gasteiger partial charge in [-0.1, -0.05) is 31.5 Å². The molecule has 2 heterocycles. The van der Waals surface area contributed by atoms with E-state index in [4.69, 9.17) is 15.6 Å². The van der Waals surface area contributed by atoms with Gasteiger partial charge in [-0.15, -0.1) is 0 Å². The Morgan fingerprint density at radius 3 is 2.67 bits per heavy atom. The van der Waals surface area contributed by atoms with E-state index >= 15 is 0 Å². The molecule has 2 N–H and O–H groups in total. The summed E-state index contributed by atoms with van der Waals surface area (Å²) < 4.78 is 6.32. The first-order valence-electron chi connectivity index (χ1n) is 9.75. The van der Waals surface area contributed by atoms with E-state index in [0.29, 0.717) is 12.4 Å². The molecule has 30 heavy (non-hydrogen) atoms. The van der Waals surface area contributed by atoms with Crippen molar-refractivity contribution in [3.05, 3.63) is 71.1 Å². The first-order chi connectivity index (χ1) is 14.5. The topological polar surface area (TPSA) is 118 Å². The maximum Gasteiger partial charge on any atom is 0.358 e. The monoisotopic (exact) mass is 404 g/mol. The number of hydrogen-bond donors (Lipinski definition) is 2. The van der Waals surface area contributed by atoms with Crippen LogP contribution in [-0.2, 0) is 11.2 Å². The minimum Gasteiger partial charge on any atom is -0.461 e. The Morgan fingerprint density at radius 1 is 1.17 bits per heavy atom. The smallest absolute Gasteiger partial charge is 0.358 e. The zero-order valence-electron chi connectivity index (χ0n) is 17.1. The number of rotatable bonds is 7. The SMILES string of the molecule is CCCCOC(=O)c1ccc(=N)n(C(=N)Cc2cccc(-c3ncc(C)cn3)c2)n1. The molecular weight excluding hydrogens is 380 g/mol. The Hall–Kier alpha value is -3.68. The van der Waals surface area contributed by atoms with Crippen molar-refractivity contribution in [3.8, 4) is 11.4 Å². The first kappa shape index (κ1) is 21.0. The lowest BCUT2D eigenvalue weighted by Gasteiger charge is -2.10. The van der Waals surface area contributed by atoms with Crippen molar-refractivity contribution in [3.63, 3.8) is 0 Å². The van der Waals surface area contributed by atoms with E-state index in [1.807, 2.05) is 38.1 Å². The van der Waals surface area contributed by atoms with Crippen molar-refractivity contribution < 1.29 is 9.53 Å². The Labute approximate surface area is 174 Å². The van der Waals surface area contributed by atoms with Crippen LogP contribution in [0.5, 0.6) is 0 Å². The zero-order chi connectivity index (χ0) is 21.5. The number of nitrogens with zero attached hydrogens (tertiary/aromatic N) is 4. The van der Waals surface area contributed by atoms with E-state index in [1.165, 1.54) is 12.1 Å². The van der Waals surface area contributed by atoms with Gasteiger partial charge in [0.25, 0.3) is 0 Å². The van der Waals surface area contributed by atoms with Crippen molar-refractivity contribution in [2.45, 2.75) is 33.1 Å². The molecule has 0 bridgehead atoms. The molecule has 8 heteroatoms. The van der Waals surface area contributed by atoms with Crippen LogP contribution in [-0.4, -0.2) is 38.2 Å². The highest BCUT2D eigenvalue weighted by Gasteiger charge is 2.13. The first-order valence-corrected chi connectivity index (χ1v) is 9.75. The number of nitrogens with one attached hydrogen (secondary N) is 2. The molecule has 0 saturated heterocycles. The second-order valence-corrected chi connectivity index (χ2v) is 6.91. The van der Waals surface area contributed by atoms with Gasteiger partial charge in [0.05, 0.1) is 6.61 Å². The third-order valence-electron chi connectivity index (χ3n) is 4.37. The summed E-state index contributed by atoms with van der Waals surface area (Å²) in [7, 11) is 0. The summed E-state index contributed by atoms with van der Waals surface area (Å²) in [6.45, 7) is 4.26. The molecule has 1 aromatic carbocycles. The minimum atomic E-state index is -0.552. The lowest BCUT2D eigenvalue weighted by atomic mass is 10.1. The molecule has 8 nitrogen and oxygen atoms in total. The van der Waals surface area contributed by atoms with Gasteiger partial charge in [-0.25, -0.2) is 19.4 Å². The second kappa shape index (κ2) is 9.69. The Morgan fingerprint density at radius 2 is 1.93 bits per heavy atom. The Bertz CT molecular complexity index is 1110. The number of esters is 1. The van der Waals surface area contributed by atoms with Crippen molar-refractivity contribution >= 4 is 11.8 Å². The van der Waals surface area contributed by atoms with Gasteiger partial charge in [0.1, 0.15) is 11.3 Å². The van der Waals surface area contributed by atoms with Crippen LogP contribution < -0.4 is 5.49 Å². The summed E-state index contributed by atoms with van der Waals surface area (Å²) in [5.74, 6) is 0.131. The molecular formula is C22H24N6O2. The Kier molecular flexibility index (Phi) is 6.79. The third-order valence-corrected chi connectivity index (χ3v) is 4.37. The molecule has 0 saturated carbocycles. The van der Waals surface area contributed by atoms with Crippen molar-refractivity contribution in [1.82, 2.24) is 19.7 Å². The second-order valence-electron chi connectivity index (χ2n) is 6.91. The number of aromatic nitrogens is 4. The molecule has 3 aromatic rings. The number of carbonyl (C=O) groups excluding carboxylic acids is 1. The number of hydrogen-bond acceptors (Lipinski definition) is 7. The minimum absolute atomic E-state index is 0.0168. The fraction of sp³-hybridized carbons (Fsp3) is 0.273. The number of unbranched alkanes of at least 4 members (excludes halogenated alkanes) is 1. The van der Waals surface area contributed by atoms with Crippen molar-refractivity contribution in [2.75, 3.05) is 6.61 Å². The molecule has 3 rings (SSSR count). The summed E-state index contributed by atoms with van der Waals surface area (Å²) in [5.41, 5.74) is 2.77. The molecule has 0 amide bonds. The summed E-state index contributed by atoms with van der Waals surface area (Å²) in [5, 5.41) is 20.6. The van der Waals surface area contributed by atoms with Crippen LogP contribution in [0.3, 0.4) is 0 Å². The van der Waals surface area contributed by atoms with Crippen LogP contribution in [0.1, 0.15) is 41.4 Å². The van der Waals surface area contributed by atoms with Gasteiger partial charge in [0.2, 0.25) is 0 Å². The number of ether oxygens (including phenoxy) is 1. The fourth-order valence-corrected chi connectivity index (χ4v) is 2.75. The highest BCUT2D eigenvalue weighted by atomic mass is 16.5. The van der Waals surface area contributed by atoms with E-state index in [2.05, 4.69) is 15.1 Å². The molecule has 0 aliphatic carbocycles. The lowest BCUT2D eigenvalue weighted by molar-refractivity contribution is 0.0490. The Balaban J connectivity index is 1.78. The van der Waals surface area contributed by atoms with E-state index < -0.39 is 5.97 Å².